The van der Waals surface area contributed by atoms with E-state index < -0.39 is 0 Å². The molecule has 2 aromatic rings. The fourth-order valence-electron chi connectivity index (χ4n) is 5.76. The molecule has 5 nitrogen and oxygen atoms in total. The maximum atomic E-state index is 13.2. The molecule has 170 valence electrons. The fraction of sp³-hybridized carbons (Fsp3) is 0.692. The van der Waals surface area contributed by atoms with Gasteiger partial charge in [-0.15, -0.1) is 0 Å². The van der Waals surface area contributed by atoms with E-state index in [4.69, 9.17) is 10.7 Å². The second-order valence-corrected chi connectivity index (χ2v) is 9.83. The molecule has 4 rings (SSSR count). The molecule has 1 aromatic heterocycles. The Kier molecular flexibility index (Phi) is 7.31. The number of fused-ring (bicyclic) bond motifs is 1. The van der Waals surface area contributed by atoms with Gasteiger partial charge in [0.2, 0.25) is 5.91 Å². The largest absolute Gasteiger partial charge is 0.340 e. The van der Waals surface area contributed by atoms with Crippen LogP contribution < -0.4 is 5.73 Å². The van der Waals surface area contributed by atoms with Gasteiger partial charge >= 0.3 is 0 Å². The maximum absolute atomic E-state index is 13.2. The highest BCUT2D eigenvalue weighted by Crippen LogP contribution is 2.36. The van der Waals surface area contributed by atoms with Gasteiger partial charge in [0.15, 0.2) is 0 Å². The van der Waals surface area contributed by atoms with Crippen molar-refractivity contribution in [2.24, 2.45) is 11.7 Å². The zero-order valence-electron chi connectivity index (χ0n) is 19.5. The minimum absolute atomic E-state index is 0.300. The quantitative estimate of drug-likeness (QED) is 0.651. The van der Waals surface area contributed by atoms with Crippen LogP contribution in [0.3, 0.4) is 0 Å². The Morgan fingerprint density at radius 1 is 1.13 bits per heavy atom. The molecule has 1 amide bonds. The first-order chi connectivity index (χ1) is 15.1. The van der Waals surface area contributed by atoms with Crippen molar-refractivity contribution in [1.82, 2.24) is 14.5 Å². The highest BCUT2D eigenvalue weighted by Gasteiger charge is 2.27. The van der Waals surface area contributed by atoms with Crippen molar-refractivity contribution in [1.29, 1.82) is 0 Å². The van der Waals surface area contributed by atoms with Crippen LogP contribution in [0.1, 0.15) is 95.4 Å². The topological polar surface area (TPSA) is 64.2 Å². The highest BCUT2D eigenvalue weighted by molar-refractivity contribution is 5.79. The summed E-state index contributed by atoms with van der Waals surface area (Å²) in [6, 6.07) is 6.80. The zero-order valence-corrected chi connectivity index (χ0v) is 19.5. The van der Waals surface area contributed by atoms with Crippen LogP contribution in [-0.4, -0.2) is 32.9 Å². The molecular formula is C26H40N4O. The molecule has 0 saturated heterocycles. The van der Waals surface area contributed by atoms with Gasteiger partial charge in [0, 0.05) is 38.0 Å². The van der Waals surface area contributed by atoms with Crippen molar-refractivity contribution in [3.63, 3.8) is 0 Å². The molecule has 0 aliphatic heterocycles. The van der Waals surface area contributed by atoms with Gasteiger partial charge in [-0.1, -0.05) is 45.1 Å². The minimum atomic E-state index is 0.300. The Morgan fingerprint density at radius 3 is 2.55 bits per heavy atom. The SMILES string of the molecule is CCN(C(=O)CCn1c2cc(CN)ccc2nc1[C@H]1CC[C@H](C)CC1)C1CCCCC1. The normalized spacial score (nSPS) is 22.7. The first-order valence-corrected chi connectivity index (χ1v) is 12.6. The molecule has 31 heavy (non-hydrogen) atoms. The van der Waals surface area contributed by atoms with Crippen molar-refractivity contribution in [3.8, 4) is 0 Å². The summed E-state index contributed by atoms with van der Waals surface area (Å²) >= 11 is 0. The molecule has 2 aliphatic carbocycles. The monoisotopic (exact) mass is 424 g/mol. The molecule has 0 bridgehead atoms. The van der Waals surface area contributed by atoms with Crippen molar-refractivity contribution in [2.75, 3.05) is 6.54 Å². The van der Waals surface area contributed by atoms with Gasteiger partial charge in [0.25, 0.3) is 0 Å². The van der Waals surface area contributed by atoms with Crippen LogP contribution >= 0.6 is 0 Å². The van der Waals surface area contributed by atoms with E-state index in [0.29, 0.717) is 37.4 Å². The standard InChI is InChI=1S/C26H40N4O/c1-3-29(22-7-5-4-6-8-22)25(31)15-16-30-24-17-20(18-27)11-14-23(24)28-26(30)21-12-9-19(2)10-13-21/h11,14,17,19,21-22H,3-10,12-13,15-16,18,27H2,1-2H3/t19-,21-. The lowest BCUT2D eigenvalue weighted by molar-refractivity contribution is -0.134. The third-order valence-corrected chi connectivity index (χ3v) is 7.68. The van der Waals surface area contributed by atoms with E-state index >= 15 is 0 Å². The molecule has 1 aromatic carbocycles. The van der Waals surface area contributed by atoms with Crippen LogP contribution in [-0.2, 0) is 17.9 Å². The summed E-state index contributed by atoms with van der Waals surface area (Å²) in [5, 5.41) is 0. The molecule has 0 radical (unpaired) electrons. The lowest BCUT2D eigenvalue weighted by Gasteiger charge is -2.34. The summed E-state index contributed by atoms with van der Waals surface area (Å²) in [6.45, 7) is 6.55. The van der Waals surface area contributed by atoms with Crippen LogP contribution in [0.4, 0.5) is 0 Å². The molecule has 2 saturated carbocycles. The number of hydrogen-bond acceptors (Lipinski definition) is 3. The average molecular weight is 425 g/mol. The number of amides is 1. The third kappa shape index (κ3) is 4.97. The molecule has 0 spiro atoms. The number of carbonyl (C=O) groups excluding carboxylic acids is 1. The summed E-state index contributed by atoms with van der Waals surface area (Å²) in [6.07, 6.45) is 11.7. The molecule has 5 heteroatoms. The average Bonchev–Trinajstić information content (AvgIpc) is 3.17. The van der Waals surface area contributed by atoms with Gasteiger partial charge in [0.1, 0.15) is 5.82 Å². The fourth-order valence-corrected chi connectivity index (χ4v) is 5.76. The van der Waals surface area contributed by atoms with Crippen molar-refractivity contribution in [2.45, 2.75) is 103 Å². The van der Waals surface area contributed by atoms with Crippen molar-refractivity contribution in [3.05, 3.63) is 29.6 Å². The molecule has 2 N–H and O–H groups in total. The second kappa shape index (κ2) is 10.2. The van der Waals surface area contributed by atoms with Crippen LogP contribution in [0.5, 0.6) is 0 Å². The smallest absolute Gasteiger partial charge is 0.224 e. The number of aromatic nitrogens is 2. The summed E-state index contributed by atoms with van der Waals surface area (Å²) < 4.78 is 2.35. The van der Waals surface area contributed by atoms with Gasteiger partial charge < -0.3 is 15.2 Å². The lowest BCUT2D eigenvalue weighted by atomic mass is 9.82. The van der Waals surface area contributed by atoms with E-state index in [1.165, 1.54) is 63.6 Å². The molecule has 1 heterocycles. The van der Waals surface area contributed by atoms with E-state index in [-0.39, 0.29) is 0 Å². The predicted molar refractivity (Wildman–Crippen MR) is 127 cm³/mol. The second-order valence-electron chi connectivity index (χ2n) is 9.83. The summed E-state index contributed by atoms with van der Waals surface area (Å²) in [4.78, 5) is 20.4. The van der Waals surface area contributed by atoms with Gasteiger partial charge in [-0.3, -0.25) is 4.79 Å². The van der Waals surface area contributed by atoms with E-state index in [1.54, 1.807) is 0 Å². The lowest BCUT2D eigenvalue weighted by Crippen LogP contribution is -2.41. The molecule has 2 fully saturated rings. The van der Waals surface area contributed by atoms with E-state index in [1.807, 2.05) is 0 Å². The van der Waals surface area contributed by atoms with Crippen LogP contribution in [0.15, 0.2) is 18.2 Å². The number of carbonyl (C=O) groups is 1. The number of imidazole rings is 1. The number of aryl methyl sites for hydroxylation is 1. The van der Waals surface area contributed by atoms with E-state index in [0.717, 1.165) is 29.1 Å². The third-order valence-electron chi connectivity index (χ3n) is 7.68. The van der Waals surface area contributed by atoms with Gasteiger partial charge in [-0.25, -0.2) is 4.98 Å². The summed E-state index contributed by atoms with van der Waals surface area (Å²) in [7, 11) is 0. The Balaban J connectivity index is 1.57. The van der Waals surface area contributed by atoms with Crippen molar-refractivity contribution >= 4 is 16.9 Å². The van der Waals surface area contributed by atoms with Crippen LogP contribution in [0.25, 0.3) is 11.0 Å². The number of hydrogen-bond donors (Lipinski definition) is 1. The molecular weight excluding hydrogens is 384 g/mol. The summed E-state index contributed by atoms with van der Waals surface area (Å²) in [5.74, 6) is 2.80. The molecule has 0 unspecified atom stereocenters. The van der Waals surface area contributed by atoms with Gasteiger partial charge in [-0.05, 0) is 56.2 Å². The molecule has 0 atom stereocenters. The highest BCUT2D eigenvalue weighted by atomic mass is 16.2. The number of nitrogens with two attached hydrogens (primary N) is 1. The Hall–Kier alpha value is -1.88. The van der Waals surface area contributed by atoms with Crippen LogP contribution in [0, 0.1) is 5.92 Å². The zero-order chi connectivity index (χ0) is 21.8. The minimum Gasteiger partial charge on any atom is -0.340 e. The van der Waals surface area contributed by atoms with Crippen molar-refractivity contribution < 1.29 is 4.79 Å². The predicted octanol–water partition coefficient (Wildman–Crippen LogP) is 5.36. The van der Waals surface area contributed by atoms with Gasteiger partial charge in [0.05, 0.1) is 11.0 Å². The van der Waals surface area contributed by atoms with Crippen LogP contribution in [0.2, 0.25) is 0 Å². The maximum Gasteiger partial charge on any atom is 0.224 e. The van der Waals surface area contributed by atoms with Gasteiger partial charge in [-0.2, -0.15) is 0 Å². The number of benzene rings is 1. The Labute approximate surface area is 187 Å². The number of rotatable bonds is 7. The number of nitrogens with zero attached hydrogens (tertiary/aromatic N) is 3. The molecule has 2 aliphatic rings. The Morgan fingerprint density at radius 2 is 1.87 bits per heavy atom. The summed E-state index contributed by atoms with van der Waals surface area (Å²) in [5.41, 5.74) is 9.24. The van der Waals surface area contributed by atoms with E-state index in [2.05, 4.69) is 41.5 Å². The Bertz CT molecular complexity index is 875. The first kappa shape index (κ1) is 22.3. The van der Waals surface area contributed by atoms with E-state index in [9.17, 15) is 4.79 Å². The first-order valence-electron chi connectivity index (χ1n) is 12.6.